The van der Waals surface area contributed by atoms with Crippen LogP contribution in [0, 0.1) is 0 Å². The normalized spacial score (nSPS) is 10.8. The number of rotatable bonds is 3. The van der Waals surface area contributed by atoms with Crippen LogP contribution in [0.4, 0.5) is 0 Å². The molecule has 3 rings (SSSR count). The van der Waals surface area contributed by atoms with Crippen LogP contribution in [0.2, 0.25) is 0 Å². The third kappa shape index (κ3) is 2.49. The van der Waals surface area contributed by atoms with E-state index in [0.717, 1.165) is 27.5 Å². The van der Waals surface area contributed by atoms with Gasteiger partial charge in [0.1, 0.15) is 4.99 Å². The summed E-state index contributed by atoms with van der Waals surface area (Å²) in [4.78, 5) is 0.442. The number of benzene rings is 2. The highest BCUT2D eigenvalue weighted by Crippen LogP contribution is 2.21. The van der Waals surface area contributed by atoms with E-state index in [4.69, 9.17) is 18.0 Å². The number of halogens is 1. The Bertz CT molecular complexity index is 775. The van der Waals surface area contributed by atoms with Gasteiger partial charge in [-0.15, -0.1) is 0 Å². The van der Waals surface area contributed by atoms with Gasteiger partial charge in [0.25, 0.3) is 0 Å². The minimum Gasteiger partial charge on any atom is -0.389 e. The lowest BCUT2D eigenvalue weighted by Crippen LogP contribution is -2.09. The molecule has 0 aliphatic heterocycles. The Labute approximate surface area is 131 Å². The standard InChI is InChI=1S/C16H13BrN2S/c17-12-6-4-11(5-7-12)10-19-9-8-13-14(16(18)20)2-1-3-15(13)19/h1-9H,10H2,(H2,18,20). The first kappa shape index (κ1) is 13.3. The summed E-state index contributed by atoms with van der Waals surface area (Å²) < 4.78 is 3.30. The third-order valence-electron chi connectivity index (χ3n) is 3.35. The molecular weight excluding hydrogens is 332 g/mol. The van der Waals surface area contributed by atoms with Crippen molar-refractivity contribution in [3.8, 4) is 0 Å². The fraction of sp³-hybridized carbons (Fsp3) is 0.0625. The van der Waals surface area contributed by atoms with Crippen LogP contribution in [0.15, 0.2) is 59.2 Å². The van der Waals surface area contributed by atoms with E-state index in [-0.39, 0.29) is 0 Å². The van der Waals surface area contributed by atoms with E-state index < -0.39 is 0 Å². The first-order chi connectivity index (χ1) is 9.65. The molecule has 0 aliphatic carbocycles. The molecule has 2 nitrogen and oxygen atoms in total. The van der Waals surface area contributed by atoms with Crippen LogP contribution in [0.3, 0.4) is 0 Å². The van der Waals surface area contributed by atoms with Gasteiger partial charge >= 0.3 is 0 Å². The molecule has 20 heavy (non-hydrogen) atoms. The minimum atomic E-state index is 0.442. The highest BCUT2D eigenvalue weighted by Gasteiger charge is 2.07. The lowest BCUT2D eigenvalue weighted by atomic mass is 10.1. The van der Waals surface area contributed by atoms with Crippen molar-refractivity contribution < 1.29 is 0 Å². The van der Waals surface area contributed by atoms with Crippen LogP contribution in [0.1, 0.15) is 11.1 Å². The van der Waals surface area contributed by atoms with Gasteiger partial charge in [-0.3, -0.25) is 0 Å². The molecule has 0 bridgehead atoms. The predicted molar refractivity (Wildman–Crippen MR) is 91.1 cm³/mol. The summed E-state index contributed by atoms with van der Waals surface area (Å²) >= 11 is 8.56. The number of thiocarbonyl (C=S) groups is 1. The lowest BCUT2D eigenvalue weighted by Gasteiger charge is -2.07. The van der Waals surface area contributed by atoms with E-state index in [2.05, 4.69) is 63.1 Å². The molecule has 0 atom stereocenters. The molecule has 2 aromatic carbocycles. The monoisotopic (exact) mass is 344 g/mol. The average Bonchev–Trinajstić information content (AvgIpc) is 2.84. The smallest absolute Gasteiger partial charge is 0.104 e. The number of nitrogens with zero attached hydrogens (tertiary/aromatic N) is 1. The Kier molecular flexibility index (Phi) is 3.59. The van der Waals surface area contributed by atoms with Gasteiger partial charge in [-0.2, -0.15) is 0 Å². The Morgan fingerprint density at radius 2 is 1.85 bits per heavy atom. The van der Waals surface area contributed by atoms with Crippen molar-refractivity contribution in [2.75, 3.05) is 0 Å². The highest BCUT2D eigenvalue weighted by molar-refractivity contribution is 9.10. The van der Waals surface area contributed by atoms with E-state index in [0.29, 0.717) is 4.99 Å². The van der Waals surface area contributed by atoms with Crippen molar-refractivity contribution in [1.29, 1.82) is 0 Å². The van der Waals surface area contributed by atoms with E-state index in [1.807, 2.05) is 12.1 Å². The Balaban J connectivity index is 2.03. The van der Waals surface area contributed by atoms with Crippen LogP contribution in [-0.4, -0.2) is 9.56 Å². The van der Waals surface area contributed by atoms with Crippen LogP contribution >= 0.6 is 28.1 Å². The molecule has 2 N–H and O–H groups in total. The van der Waals surface area contributed by atoms with Gasteiger partial charge in [0, 0.05) is 33.7 Å². The zero-order valence-electron chi connectivity index (χ0n) is 10.7. The number of nitrogens with two attached hydrogens (primary N) is 1. The largest absolute Gasteiger partial charge is 0.389 e. The quantitative estimate of drug-likeness (QED) is 0.725. The van der Waals surface area contributed by atoms with Gasteiger partial charge in [-0.25, -0.2) is 0 Å². The summed E-state index contributed by atoms with van der Waals surface area (Å²) in [6.07, 6.45) is 2.08. The first-order valence-electron chi connectivity index (χ1n) is 6.27. The van der Waals surface area contributed by atoms with Crippen LogP contribution in [0.25, 0.3) is 10.9 Å². The zero-order valence-corrected chi connectivity index (χ0v) is 13.1. The van der Waals surface area contributed by atoms with Crippen molar-refractivity contribution in [3.05, 3.63) is 70.3 Å². The van der Waals surface area contributed by atoms with Crippen molar-refractivity contribution in [2.24, 2.45) is 5.73 Å². The molecule has 0 unspecified atom stereocenters. The first-order valence-corrected chi connectivity index (χ1v) is 7.47. The van der Waals surface area contributed by atoms with Crippen LogP contribution < -0.4 is 5.73 Å². The van der Waals surface area contributed by atoms with Gasteiger partial charge in [0.2, 0.25) is 0 Å². The van der Waals surface area contributed by atoms with Gasteiger partial charge in [-0.1, -0.05) is 52.4 Å². The Hall–Kier alpha value is -1.65. The molecule has 1 heterocycles. The summed E-state index contributed by atoms with van der Waals surface area (Å²) in [6, 6.07) is 16.5. The highest BCUT2D eigenvalue weighted by atomic mass is 79.9. The van der Waals surface area contributed by atoms with Crippen LogP contribution in [0.5, 0.6) is 0 Å². The second-order valence-corrected chi connectivity index (χ2v) is 6.03. The number of fused-ring (bicyclic) bond motifs is 1. The topological polar surface area (TPSA) is 30.9 Å². The van der Waals surface area contributed by atoms with Crippen molar-refractivity contribution >= 4 is 44.0 Å². The number of aromatic nitrogens is 1. The molecule has 0 saturated heterocycles. The molecule has 0 amide bonds. The maximum Gasteiger partial charge on any atom is 0.104 e. The fourth-order valence-corrected chi connectivity index (χ4v) is 2.81. The number of hydrogen-bond acceptors (Lipinski definition) is 1. The molecule has 4 heteroatoms. The summed E-state index contributed by atoms with van der Waals surface area (Å²) in [7, 11) is 0. The molecule has 0 spiro atoms. The maximum atomic E-state index is 5.78. The molecule has 0 aliphatic rings. The number of hydrogen-bond donors (Lipinski definition) is 1. The van der Waals surface area contributed by atoms with Crippen molar-refractivity contribution in [3.63, 3.8) is 0 Å². The maximum absolute atomic E-state index is 5.78. The van der Waals surface area contributed by atoms with E-state index >= 15 is 0 Å². The van der Waals surface area contributed by atoms with E-state index in [1.54, 1.807) is 0 Å². The third-order valence-corrected chi connectivity index (χ3v) is 4.09. The molecule has 0 fully saturated rings. The summed E-state index contributed by atoms with van der Waals surface area (Å²) in [5, 5.41) is 1.11. The molecule has 0 saturated carbocycles. The van der Waals surface area contributed by atoms with Crippen LogP contribution in [-0.2, 0) is 6.54 Å². The molecule has 100 valence electrons. The van der Waals surface area contributed by atoms with Gasteiger partial charge in [0.05, 0.1) is 0 Å². The second kappa shape index (κ2) is 5.38. The summed E-state index contributed by atoms with van der Waals surface area (Å²) in [5.41, 5.74) is 9.12. The molecule has 3 aromatic rings. The van der Waals surface area contributed by atoms with Crippen molar-refractivity contribution in [1.82, 2.24) is 4.57 Å². The Morgan fingerprint density at radius 1 is 1.10 bits per heavy atom. The van der Waals surface area contributed by atoms with Gasteiger partial charge < -0.3 is 10.3 Å². The Morgan fingerprint density at radius 3 is 2.55 bits per heavy atom. The fourth-order valence-electron chi connectivity index (χ4n) is 2.36. The molecule has 1 aromatic heterocycles. The summed E-state index contributed by atoms with van der Waals surface area (Å²) in [6.45, 7) is 0.831. The second-order valence-electron chi connectivity index (χ2n) is 4.67. The lowest BCUT2D eigenvalue weighted by molar-refractivity contribution is 0.837. The van der Waals surface area contributed by atoms with E-state index in [1.165, 1.54) is 5.56 Å². The van der Waals surface area contributed by atoms with E-state index in [9.17, 15) is 0 Å². The summed E-state index contributed by atoms with van der Waals surface area (Å²) in [5.74, 6) is 0. The van der Waals surface area contributed by atoms with Gasteiger partial charge in [0.15, 0.2) is 0 Å². The molecular formula is C16H13BrN2S. The van der Waals surface area contributed by atoms with Crippen molar-refractivity contribution in [2.45, 2.75) is 6.54 Å². The molecule has 0 radical (unpaired) electrons. The van der Waals surface area contributed by atoms with Gasteiger partial charge in [-0.05, 0) is 29.8 Å². The minimum absolute atomic E-state index is 0.442. The zero-order chi connectivity index (χ0) is 14.1. The predicted octanol–water partition coefficient (Wildman–Crippen LogP) is 4.09. The average molecular weight is 345 g/mol. The SMILES string of the molecule is NC(=S)c1cccc2c1ccn2Cc1ccc(Br)cc1.